The summed E-state index contributed by atoms with van der Waals surface area (Å²) in [4.78, 5) is 0. The highest BCUT2D eigenvalue weighted by molar-refractivity contribution is 6.34. The first-order chi connectivity index (χ1) is 7.68. The van der Waals surface area contributed by atoms with Gasteiger partial charge in [-0.05, 0) is 31.9 Å². The first-order valence-electron chi connectivity index (χ1n) is 5.78. The lowest BCUT2D eigenvalue weighted by molar-refractivity contribution is 0.183. The molecule has 0 radical (unpaired) electrons. The van der Waals surface area contributed by atoms with E-state index >= 15 is 0 Å². The summed E-state index contributed by atoms with van der Waals surface area (Å²) in [6.07, 6.45) is 1.14. The molecule has 1 aliphatic rings. The van der Waals surface area contributed by atoms with Crippen LogP contribution >= 0.6 is 11.6 Å². The Hall–Kier alpha value is -0.730. The van der Waals surface area contributed by atoms with E-state index in [1.807, 2.05) is 25.1 Å². The van der Waals surface area contributed by atoms with Gasteiger partial charge in [0.1, 0.15) is 0 Å². The minimum Gasteiger partial charge on any atom is -0.381 e. The number of hydrogen-bond acceptors (Lipinski definition) is 2. The average Bonchev–Trinajstić information content (AvgIpc) is 2.78. The minimum atomic E-state index is 0.404. The molecule has 16 heavy (non-hydrogen) atoms. The normalized spacial score (nSPS) is 22.1. The van der Waals surface area contributed by atoms with Crippen LogP contribution in [0.15, 0.2) is 18.2 Å². The Morgan fingerprint density at radius 3 is 3.00 bits per heavy atom. The summed E-state index contributed by atoms with van der Waals surface area (Å²) >= 11 is 6.25. The number of rotatable bonds is 3. The van der Waals surface area contributed by atoms with Crippen LogP contribution in [0.3, 0.4) is 0 Å². The maximum atomic E-state index is 6.25. The zero-order valence-electron chi connectivity index (χ0n) is 9.79. The van der Waals surface area contributed by atoms with Gasteiger partial charge in [0.15, 0.2) is 0 Å². The summed E-state index contributed by atoms with van der Waals surface area (Å²) in [7, 11) is 0. The van der Waals surface area contributed by atoms with Gasteiger partial charge < -0.3 is 10.1 Å². The summed E-state index contributed by atoms with van der Waals surface area (Å²) in [6.45, 7) is 5.96. The molecule has 3 heteroatoms. The van der Waals surface area contributed by atoms with Crippen LogP contribution in [0.25, 0.3) is 0 Å². The number of anilines is 1. The molecule has 1 aromatic rings. The van der Waals surface area contributed by atoms with Crippen molar-refractivity contribution in [1.82, 2.24) is 0 Å². The third-order valence-electron chi connectivity index (χ3n) is 3.25. The van der Waals surface area contributed by atoms with Crippen molar-refractivity contribution in [3.63, 3.8) is 0 Å². The molecule has 2 nitrogen and oxygen atoms in total. The molecule has 2 atom stereocenters. The van der Waals surface area contributed by atoms with E-state index in [1.54, 1.807) is 0 Å². The second-order valence-electron chi connectivity index (χ2n) is 4.49. The predicted octanol–water partition coefficient (Wildman–Crippen LogP) is 3.49. The van der Waals surface area contributed by atoms with E-state index in [2.05, 4.69) is 12.2 Å². The second-order valence-corrected chi connectivity index (χ2v) is 4.87. The Kier molecular flexibility index (Phi) is 3.72. The molecule has 0 bridgehead atoms. The van der Waals surface area contributed by atoms with Crippen LogP contribution in [0, 0.1) is 12.8 Å². The lowest BCUT2D eigenvalue weighted by Gasteiger charge is -2.21. The third kappa shape index (κ3) is 2.50. The van der Waals surface area contributed by atoms with Gasteiger partial charge in [-0.2, -0.15) is 0 Å². The quantitative estimate of drug-likeness (QED) is 0.872. The summed E-state index contributed by atoms with van der Waals surface area (Å²) in [5.41, 5.74) is 2.14. The maximum absolute atomic E-state index is 6.25. The van der Waals surface area contributed by atoms with Gasteiger partial charge in [0, 0.05) is 18.6 Å². The molecule has 1 saturated heterocycles. The molecule has 88 valence electrons. The van der Waals surface area contributed by atoms with Crippen molar-refractivity contribution >= 4 is 17.3 Å². The molecule has 0 saturated carbocycles. The van der Waals surface area contributed by atoms with Crippen molar-refractivity contribution in [2.75, 3.05) is 18.5 Å². The summed E-state index contributed by atoms with van der Waals surface area (Å²) in [5, 5.41) is 4.31. The van der Waals surface area contributed by atoms with E-state index in [0.29, 0.717) is 12.0 Å². The van der Waals surface area contributed by atoms with Gasteiger partial charge in [-0.1, -0.05) is 23.7 Å². The average molecular weight is 240 g/mol. The standard InChI is InChI=1S/C13H18ClNO/c1-9-4-3-5-12(13(9)14)15-10(2)11-6-7-16-8-11/h3-5,10-11,15H,6-8H2,1-2H3. The fourth-order valence-electron chi connectivity index (χ4n) is 2.07. The number of halogens is 1. The number of hydrogen-bond donors (Lipinski definition) is 1. The van der Waals surface area contributed by atoms with Gasteiger partial charge in [-0.25, -0.2) is 0 Å². The molecule has 2 unspecified atom stereocenters. The highest BCUT2D eigenvalue weighted by Crippen LogP contribution is 2.28. The summed E-state index contributed by atoms with van der Waals surface area (Å²) in [6, 6.07) is 6.49. The first kappa shape index (κ1) is 11.7. The van der Waals surface area contributed by atoms with Crippen molar-refractivity contribution in [2.45, 2.75) is 26.3 Å². The van der Waals surface area contributed by atoms with Crippen LogP contribution in [-0.2, 0) is 4.74 Å². The van der Waals surface area contributed by atoms with E-state index in [9.17, 15) is 0 Å². The van der Waals surface area contributed by atoms with E-state index < -0.39 is 0 Å². The Balaban J connectivity index is 2.05. The molecule has 0 amide bonds. The topological polar surface area (TPSA) is 21.3 Å². The first-order valence-corrected chi connectivity index (χ1v) is 6.15. The Morgan fingerprint density at radius 2 is 2.31 bits per heavy atom. The van der Waals surface area contributed by atoms with Crippen LogP contribution in [0.2, 0.25) is 5.02 Å². The molecule has 1 aliphatic heterocycles. The molecule has 1 aromatic carbocycles. The zero-order valence-corrected chi connectivity index (χ0v) is 10.6. The van der Waals surface area contributed by atoms with Crippen LogP contribution in [0.1, 0.15) is 18.9 Å². The lowest BCUT2D eigenvalue weighted by Crippen LogP contribution is -2.26. The highest BCUT2D eigenvalue weighted by atomic mass is 35.5. The fraction of sp³-hybridized carbons (Fsp3) is 0.538. The van der Waals surface area contributed by atoms with Gasteiger partial charge in [0.2, 0.25) is 0 Å². The van der Waals surface area contributed by atoms with Crippen LogP contribution in [0.5, 0.6) is 0 Å². The summed E-state index contributed by atoms with van der Waals surface area (Å²) < 4.78 is 5.40. The van der Waals surface area contributed by atoms with Crippen molar-refractivity contribution in [3.8, 4) is 0 Å². The predicted molar refractivity (Wildman–Crippen MR) is 68.2 cm³/mol. The van der Waals surface area contributed by atoms with Crippen molar-refractivity contribution in [1.29, 1.82) is 0 Å². The van der Waals surface area contributed by atoms with Gasteiger partial charge in [-0.3, -0.25) is 0 Å². The molecule has 0 aromatic heterocycles. The van der Waals surface area contributed by atoms with Gasteiger partial charge in [0.25, 0.3) is 0 Å². The van der Waals surface area contributed by atoms with E-state index in [-0.39, 0.29) is 0 Å². The van der Waals surface area contributed by atoms with Gasteiger partial charge in [-0.15, -0.1) is 0 Å². The molecule has 2 rings (SSSR count). The van der Waals surface area contributed by atoms with Crippen molar-refractivity contribution in [2.24, 2.45) is 5.92 Å². The van der Waals surface area contributed by atoms with E-state index in [1.165, 1.54) is 0 Å². The third-order valence-corrected chi connectivity index (χ3v) is 3.75. The highest BCUT2D eigenvalue weighted by Gasteiger charge is 2.22. The number of benzene rings is 1. The van der Waals surface area contributed by atoms with Crippen LogP contribution in [0.4, 0.5) is 5.69 Å². The lowest BCUT2D eigenvalue weighted by atomic mass is 10.0. The molecule has 1 fully saturated rings. The molecular formula is C13H18ClNO. The Bertz CT molecular complexity index is 361. The van der Waals surface area contributed by atoms with E-state index in [0.717, 1.165) is 35.9 Å². The van der Waals surface area contributed by atoms with Crippen molar-refractivity contribution < 1.29 is 4.74 Å². The largest absolute Gasteiger partial charge is 0.381 e. The number of ether oxygens (including phenoxy) is 1. The van der Waals surface area contributed by atoms with Crippen molar-refractivity contribution in [3.05, 3.63) is 28.8 Å². The molecule has 0 aliphatic carbocycles. The molecular weight excluding hydrogens is 222 g/mol. The van der Waals surface area contributed by atoms with Gasteiger partial charge >= 0.3 is 0 Å². The maximum Gasteiger partial charge on any atom is 0.0666 e. The molecule has 1 heterocycles. The second kappa shape index (κ2) is 5.07. The monoisotopic (exact) mass is 239 g/mol. The molecule has 0 spiro atoms. The minimum absolute atomic E-state index is 0.404. The van der Waals surface area contributed by atoms with Crippen LogP contribution in [-0.4, -0.2) is 19.3 Å². The van der Waals surface area contributed by atoms with Gasteiger partial charge in [0.05, 0.1) is 17.3 Å². The number of aryl methyl sites for hydroxylation is 1. The fourth-order valence-corrected chi connectivity index (χ4v) is 2.25. The zero-order chi connectivity index (χ0) is 11.5. The molecule has 1 N–H and O–H groups in total. The Labute approximate surface area is 102 Å². The SMILES string of the molecule is Cc1cccc(NC(C)C2CCOC2)c1Cl. The Morgan fingerprint density at radius 1 is 1.50 bits per heavy atom. The van der Waals surface area contributed by atoms with E-state index in [4.69, 9.17) is 16.3 Å². The summed E-state index contributed by atoms with van der Waals surface area (Å²) in [5.74, 6) is 0.594. The smallest absolute Gasteiger partial charge is 0.0666 e. The van der Waals surface area contributed by atoms with Crippen LogP contribution < -0.4 is 5.32 Å². The number of nitrogens with one attached hydrogen (secondary N) is 1.